The van der Waals surface area contributed by atoms with Crippen molar-refractivity contribution in [1.82, 2.24) is 0 Å². The van der Waals surface area contributed by atoms with Crippen LogP contribution in [0.25, 0.3) is 0 Å². The Hall–Kier alpha value is -2.71. The van der Waals surface area contributed by atoms with E-state index in [0.29, 0.717) is 22.2 Å². The summed E-state index contributed by atoms with van der Waals surface area (Å²) in [6.07, 6.45) is 1.49. The third kappa shape index (κ3) is 6.84. The summed E-state index contributed by atoms with van der Waals surface area (Å²) in [5.74, 6) is 0.672. The Morgan fingerprint density at radius 3 is 2.67 bits per heavy atom. The van der Waals surface area contributed by atoms with E-state index >= 15 is 0 Å². The maximum Gasteiger partial charge on any atom is 0.255 e. The van der Waals surface area contributed by atoms with E-state index < -0.39 is 5.91 Å². The number of thioether (sulfide) groups is 1. The molecule has 0 fully saturated rings. The summed E-state index contributed by atoms with van der Waals surface area (Å²) in [5, 5.41) is 8.51. The zero-order chi connectivity index (χ0) is 19.6. The lowest BCUT2D eigenvalue weighted by Gasteiger charge is -2.11. The number of hydrogen-bond acceptors (Lipinski definition) is 6. The van der Waals surface area contributed by atoms with Crippen LogP contribution in [0.15, 0.2) is 52.7 Å². The average molecular weight is 407 g/mol. The lowest BCUT2D eigenvalue weighted by Crippen LogP contribution is -2.20. The summed E-state index contributed by atoms with van der Waals surface area (Å²) in [5.41, 5.74) is 12.7. The minimum Gasteiger partial charge on any atom is -0.493 e. The van der Waals surface area contributed by atoms with Crippen molar-refractivity contribution in [3.05, 3.63) is 58.6 Å². The SMILES string of the molecule is COc1cc(C=NN=C(N)SCc2ccccc2)cc(Cl)c1OCC(N)=O. The highest BCUT2D eigenvalue weighted by Gasteiger charge is 2.12. The second-order valence-electron chi connectivity index (χ2n) is 5.25. The molecule has 0 atom stereocenters. The van der Waals surface area contributed by atoms with E-state index in [2.05, 4.69) is 10.2 Å². The van der Waals surface area contributed by atoms with E-state index in [-0.39, 0.29) is 17.4 Å². The van der Waals surface area contributed by atoms with Crippen LogP contribution in [0, 0.1) is 0 Å². The third-order valence-corrected chi connectivity index (χ3v) is 4.34. The minimum absolute atomic E-state index is 0.233. The van der Waals surface area contributed by atoms with Crippen molar-refractivity contribution in [1.29, 1.82) is 0 Å². The van der Waals surface area contributed by atoms with Gasteiger partial charge in [-0.2, -0.15) is 5.10 Å². The Kier molecular flexibility index (Phi) is 7.97. The lowest BCUT2D eigenvalue weighted by molar-refractivity contribution is -0.119. The topological polar surface area (TPSA) is 112 Å². The fraction of sp³-hybridized carbons (Fsp3) is 0.167. The van der Waals surface area contributed by atoms with Gasteiger partial charge in [-0.1, -0.05) is 53.7 Å². The van der Waals surface area contributed by atoms with Crippen molar-refractivity contribution in [3.63, 3.8) is 0 Å². The number of methoxy groups -OCH3 is 1. The summed E-state index contributed by atoms with van der Waals surface area (Å²) in [6.45, 7) is -0.303. The number of hydrogen-bond donors (Lipinski definition) is 2. The number of halogens is 1. The van der Waals surface area contributed by atoms with Gasteiger partial charge >= 0.3 is 0 Å². The third-order valence-electron chi connectivity index (χ3n) is 3.20. The van der Waals surface area contributed by atoms with Crippen LogP contribution >= 0.6 is 23.4 Å². The molecule has 0 saturated heterocycles. The molecule has 2 aromatic carbocycles. The lowest BCUT2D eigenvalue weighted by atomic mass is 10.2. The van der Waals surface area contributed by atoms with Crippen molar-refractivity contribution in [2.24, 2.45) is 21.7 Å². The molecule has 27 heavy (non-hydrogen) atoms. The molecule has 2 aromatic rings. The van der Waals surface area contributed by atoms with Gasteiger partial charge in [-0.15, -0.1) is 5.10 Å². The Labute approximate surface area is 166 Å². The van der Waals surface area contributed by atoms with Gasteiger partial charge in [0, 0.05) is 11.3 Å². The number of nitrogens with two attached hydrogens (primary N) is 2. The van der Waals surface area contributed by atoms with Crippen molar-refractivity contribution < 1.29 is 14.3 Å². The number of carbonyl (C=O) groups excluding carboxylic acids is 1. The monoisotopic (exact) mass is 406 g/mol. The first-order valence-corrected chi connectivity index (χ1v) is 9.17. The molecule has 0 saturated carbocycles. The van der Waals surface area contributed by atoms with E-state index in [1.54, 1.807) is 12.1 Å². The predicted molar refractivity (Wildman–Crippen MR) is 110 cm³/mol. The van der Waals surface area contributed by atoms with Crippen LogP contribution in [0.4, 0.5) is 0 Å². The van der Waals surface area contributed by atoms with Crippen LogP contribution in [0.2, 0.25) is 5.02 Å². The predicted octanol–water partition coefficient (Wildman–Crippen LogP) is 2.79. The molecule has 0 spiro atoms. The number of rotatable bonds is 8. The molecule has 0 aliphatic carbocycles. The molecular formula is C18H19ClN4O3S. The Morgan fingerprint density at radius 2 is 2.00 bits per heavy atom. The van der Waals surface area contributed by atoms with Gasteiger partial charge < -0.3 is 20.9 Å². The molecule has 0 heterocycles. The number of primary amides is 1. The molecule has 1 amide bonds. The van der Waals surface area contributed by atoms with Gasteiger partial charge in [0.2, 0.25) is 0 Å². The van der Waals surface area contributed by atoms with Crippen LogP contribution in [-0.4, -0.2) is 31.0 Å². The summed E-state index contributed by atoms with van der Waals surface area (Å²) < 4.78 is 10.5. The van der Waals surface area contributed by atoms with E-state index in [1.165, 1.54) is 25.1 Å². The summed E-state index contributed by atoms with van der Waals surface area (Å²) in [4.78, 5) is 10.9. The fourth-order valence-electron chi connectivity index (χ4n) is 2.01. The van der Waals surface area contributed by atoms with Gasteiger partial charge in [0.15, 0.2) is 23.3 Å². The molecule has 0 aliphatic rings. The number of nitrogens with zero attached hydrogens (tertiary/aromatic N) is 2. The quantitative estimate of drug-likeness (QED) is 0.397. The van der Waals surface area contributed by atoms with Gasteiger partial charge in [0.25, 0.3) is 5.91 Å². The minimum atomic E-state index is -0.614. The molecule has 0 radical (unpaired) electrons. The Morgan fingerprint density at radius 1 is 1.26 bits per heavy atom. The zero-order valence-corrected chi connectivity index (χ0v) is 16.2. The number of amidine groups is 1. The van der Waals surface area contributed by atoms with E-state index in [1.807, 2.05) is 30.3 Å². The standard InChI is InChI=1S/C18H19ClN4O3S/c1-25-15-8-13(7-14(19)17(15)26-10-16(20)24)9-22-23-18(21)27-11-12-5-3-2-4-6-12/h2-9H,10-11H2,1H3,(H2,20,24)(H2,21,23). The number of benzene rings is 2. The second-order valence-corrected chi connectivity index (χ2v) is 6.65. The molecule has 7 nitrogen and oxygen atoms in total. The maximum absolute atomic E-state index is 10.9. The van der Waals surface area contributed by atoms with Gasteiger partial charge in [0.1, 0.15) is 0 Å². The first kappa shape index (κ1) is 20.6. The van der Waals surface area contributed by atoms with Crippen LogP contribution < -0.4 is 20.9 Å². The van der Waals surface area contributed by atoms with Gasteiger partial charge in [-0.3, -0.25) is 4.79 Å². The molecular weight excluding hydrogens is 388 g/mol. The number of ether oxygens (including phenoxy) is 2. The van der Waals surface area contributed by atoms with Gasteiger partial charge in [0.05, 0.1) is 18.3 Å². The van der Waals surface area contributed by atoms with E-state index in [9.17, 15) is 4.79 Å². The number of carbonyl (C=O) groups is 1. The normalized spacial score (nSPS) is 11.6. The van der Waals surface area contributed by atoms with Crippen molar-refractivity contribution in [2.45, 2.75) is 5.75 Å². The van der Waals surface area contributed by atoms with Gasteiger partial charge in [-0.05, 0) is 17.7 Å². The Bertz CT molecular complexity index is 844. The first-order chi connectivity index (χ1) is 13.0. The van der Waals surface area contributed by atoms with Crippen molar-refractivity contribution in [2.75, 3.05) is 13.7 Å². The fourth-order valence-corrected chi connectivity index (χ4v) is 2.90. The highest BCUT2D eigenvalue weighted by molar-refractivity contribution is 8.13. The summed E-state index contributed by atoms with van der Waals surface area (Å²) >= 11 is 7.56. The largest absolute Gasteiger partial charge is 0.493 e. The average Bonchev–Trinajstić information content (AvgIpc) is 2.65. The first-order valence-electron chi connectivity index (χ1n) is 7.81. The molecule has 4 N–H and O–H groups in total. The molecule has 0 unspecified atom stereocenters. The van der Waals surface area contributed by atoms with Crippen molar-refractivity contribution >= 4 is 40.7 Å². The van der Waals surface area contributed by atoms with E-state index in [0.717, 1.165) is 5.56 Å². The van der Waals surface area contributed by atoms with E-state index in [4.69, 9.17) is 32.5 Å². The van der Waals surface area contributed by atoms with Crippen LogP contribution in [-0.2, 0) is 10.5 Å². The molecule has 2 rings (SSSR count). The molecule has 0 aliphatic heterocycles. The van der Waals surface area contributed by atoms with Crippen LogP contribution in [0.3, 0.4) is 0 Å². The summed E-state index contributed by atoms with van der Waals surface area (Å²) in [6, 6.07) is 13.2. The molecule has 0 aromatic heterocycles. The smallest absolute Gasteiger partial charge is 0.255 e. The maximum atomic E-state index is 10.9. The second kappa shape index (κ2) is 10.4. The zero-order valence-electron chi connectivity index (χ0n) is 14.6. The van der Waals surface area contributed by atoms with Crippen molar-refractivity contribution in [3.8, 4) is 11.5 Å². The molecule has 142 valence electrons. The highest BCUT2D eigenvalue weighted by Crippen LogP contribution is 2.36. The Balaban J connectivity index is 2.02. The van der Waals surface area contributed by atoms with Crippen LogP contribution in [0.5, 0.6) is 11.5 Å². The van der Waals surface area contributed by atoms with Crippen LogP contribution in [0.1, 0.15) is 11.1 Å². The molecule has 9 heteroatoms. The molecule has 0 bridgehead atoms. The van der Waals surface area contributed by atoms with Gasteiger partial charge in [-0.25, -0.2) is 0 Å². The highest BCUT2D eigenvalue weighted by atomic mass is 35.5. The summed E-state index contributed by atoms with van der Waals surface area (Å²) in [7, 11) is 1.46. The number of amides is 1.